The Morgan fingerprint density at radius 3 is 2.64 bits per heavy atom. The topological polar surface area (TPSA) is 96.4 Å². The number of hydrogen-bond acceptors (Lipinski definition) is 5. The van der Waals surface area contributed by atoms with Crippen molar-refractivity contribution in [1.82, 2.24) is 9.71 Å². The number of sulfonamides is 1. The van der Waals surface area contributed by atoms with Gasteiger partial charge in [0.2, 0.25) is 0 Å². The Hall–Kier alpha value is -1.77. The Kier molecular flexibility index (Phi) is 5.28. The molecule has 0 spiro atoms. The third kappa shape index (κ3) is 3.90. The maximum absolute atomic E-state index is 12.2. The van der Waals surface area contributed by atoms with E-state index in [-0.39, 0.29) is 11.4 Å². The van der Waals surface area contributed by atoms with Crippen LogP contribution in [-0.2, 0) is 14.8 Å². The van der Waals surface area contributed by atoms with Gasteiger partial charge < -0.3 is 5.11 Å². The molecule has 1 heterocycles. The summed E-state index contributed by atoms with van der Waals surface area (Å²) in [5.41, 5.74) is 0.817. The fourth-order valence-electron chi connectivity index (χ4n) is 1.86. The van der Waals surface area contributed by atoms with Crippen LogP contribution in [0.1, 0.15) is 19.8 Å². The molecule has 2 aromatic rings. The quantitative estimate of drug-likeness (QED) is 0.806. The largest absolute Gasteiger partial charge is 0.480 e. The molecule has 6 nitrogen and oxygen atoms in total. The van der Waals surface area contributed by atoms with Gasteiger partial charge in [-0.05, 0) is 6.42 Å². The van der Waals surface area contributed by atoms with Gasteiger partial charge >= 0.3 is 5.97 Å². The van der Waals surface area contributed by atoms with Crippen LogP contribution in [0, 0.1) is 0 Å². The SMILES string of the molecule is CCCC(NS(=O)(=O)c1csc(-c2ccccc2)n1)C(=O)O. The number of nitrogens with one attached hydrogen (secondary N) is 1. The molecule has 0 aliphatic rings. The van der Waals surface area contributed by atoms with Crippen molar-refractivity contribution >= 4 is 27.3 Å². The van der Waals surface area contributed by atoms with E-state index in [1.165, 1.54) is 16.7 Å². The van der Waals surface area contributed by atoms with Crippen molar-refractivity contribution in [2.75, 3.05) is 0 Å². The van der Waals surface area contributed by atoms with Gasteiger partial charge in [0.1, 0.15) is 11.0 Å². The van der Waals surface area contributed by atoms with Crippen LogP contribution >= 0.6 is 11.3 Å². The van der Waals surface area contributed by atoms with E-state index in [0.29, 0.717) is 11.4 Å². The number of carboxylic acids is 1. The van der Waals surface area contributed by atoms with Crippen LogP contribution in [0.5, 0.6) is 0 Å². The summed E-state index contributed by atoms with van der Waals surface area (Å²) >= 11 is 1.20. The summed E-state index contributed by atoms with van der Waals surface area (Å²) < 4.78 is 26.7. The normalized spacial score (nSPS) is 13.0. The number of nitrogens with zero attached hydrogens (tertiary/aromatic N) is 1. The Labute approximate surface area is 132 Å². The Balaban J connectivity index is 2.23. The van der Waals surface area contributed by atoms with Crippen molar-refractivity contribution < 1.29 is 18.3 Å². The van der Waals surface area contributed by atoms with E-state index < -0.39 is 22.0 Å². The third-order valence-corrected chi connectivity index (χ3v) is 5.35. The van der Waals surface area contributed by atoms with Crippen molar-refractivity contribution in [2.24, 2.45) is 0 Å². The fraction of sp³-hybridized carbons (Fsp3) is 0.286. The van der Waals surface area contributed by atoms with Crippen LogP contribution in [0.25, 0.3) is 10.6 Å². The molecule has 0 saturated carbocycles. The van der Waals surface area contributed by atoms with Gasteiger partial charge in [-0.15, -0.1) is 11.3 Å². The minimum absolute atomic E-state index is 0.154. The average molecular weight is 340 g/mol. The second-order valence-electron chi connectivity index (χ2n) is 4.66. The molecule has 1 aromatic heterocycles. The molecule has 0 radical (unpaired) electrons. The summed E-state index contributed by atoms with van der Waals surface area (Å²) in [5, 5.41) is 10.9. The highest BCUT2D eigenvalue weighted by Gasteiger charge is 2.26. The number of aliphatic carboxylic acids is 1. The number of benzene rings is 1. The lowest BCUT2D eigenvalue weighted by Gasteiger charge is -2.12. The number of rotatable bonds is 7. The van der Waals surface area contributed by atoms with E-state index in [2.05, 4.69) is 9.71 Å². The molecule has 0 bridgehead atoms. The molecule has 22 heavy (non-hydrogen) atoms. The standard InChI is InChI=1S/C14H16N2O4S2/c1-2-6-11(14(17)18)16-22(19,20)12-9-21-13(15-12)10-7-4-3-5-8-10/h3-5,7-9,11,16H,2,6H2,1H3,(H,17,18). The molecule has 1 aromatic carbocycles. The van der Waals surface area contributed by atoms with Gasteiger partial charge in [-0.3, -0.25) is 4.79 Å². The highest BCUT2D eigenvalue weighted by atomic mass is 32.2. The monoisotopic (exact) mass is 340 g/mol. The van der Waals surface area contributed by atoms with E-state index in [4.69, 9.17) is 5.11 Å². The van der Waals surface area contributed by atoms with Crippen LogP contribution in [0.3, 0.4) is 0 Å². The Bertz CT molecular complexity index is 741. The molecule has 2 rings (SSSR count). The number of carbonyl (C=O) groups is 1. The summed E-state index contributed by atoms with van der Waals surface area (Å²) in [6.07, 6.45) is 0.788. The molecule has 0 saturated heterocycles. The number of hydrogen-bond donors (Lipinski definition) is 2. The van der Waals surface area contributed by atoms with Crippen LogP contribution in [-0.4, -0.2) is 30.5 Å². The molecule has 0 amide bonds. The van der Waals surface area contributed by atoms with E-state index in [1.54, 1.807) is 6.92 Å². The second-order valence-corrected chi connectivity index (χ2v) is 7.18. The zero-order chi connectivity index (χ0) is 16.2. The van der Waals surface area contributed by atoms with E-state index >= 15 is 0 Å². The fourth-order valence-corrected chi connectivity index (χ4v) is 4.19. The van der Waals surface area contributed by atoms with Gasteiger partial charge in [0.25, 0.3) is 10.0 Å². The zero-order valence-corrected chi connectivity index (χ0v) is 13.5. The van der Waals surface area contributed by atoms with Crippen molar-refractivity contribution in [3.63, 3.8) is 0 Å². The summed E-state index contributed by atoms with van der Waals surface area (Å²) in [6, 6.07) is 8.06. The molecule has 0 aliphatic heterocycles. The molecule has 2 N–H and O–H groups in total. The lowest BCUT2D eigenvalue weighted by atomic mass is 10.2. The highest BCUT2D eigenvalue weighted by Crippen LogP contribution is 2.25. The first-order valence-corrected chi connectivity index (χ1v) is 9.06. The molecule has 118 valence electrons. The van der Waals surface area contributed by atoms with Crippen LogP contribution in [0.4, 0.5) is 0 Å². The van der Waals surface area contributed by atoms with Gasteiger partial charge in [0.15, 0.2) is 5.03 Å². The lowest BCUT2D eigenvalue weighted by Crippen LogP contribution is -2.40. The van der Waals surface area contributed by atoms with Gasteiger partial charge in [-0.2, -0.15) is 4.72 Å². The molecule has 1 atom stereocenters. The Morgan fingerprint density at radius 2 is 2.05 bits per heavy atom. The minimum atomic E-state index is -3.95. The van der Waals surface area contributed by atoms with Gasteiger partial charge in [0.05, 0.1) is 0 Å². The molecule has 0 aliphatic carbocycles. The summed E-state index contributed by atoms with van der Waals surface area (Å²) in [5.74, 6) is -1.19. The first-order valence-electron chi connectivity index (χ1n) is 6.70. The van der Waals surface area contributed by atoms with Crippen LogP contribution in [0.15, 0.2) is 40.7 Å². The highest BCUT2D eigenvalue weighted by molar-refractivity contribution is 7.89. The van der Waals surface area contributed by atoms with Gasteiger partial charge in [-0.1, -0.05) is 43.7 Å². The maximum Gasteiger partial charge on any atom is 0.321 e. The van der Waals surface area contributed by atoms with Gasteiger partial charge in [-0.25, -0.2) is 13.4 Å². The van der Waals surface area contributed by atoms with E-state index in [9.17, 15) is 13.2 Å². The first-order chi connectivity index (χ1) is 10.4. The zero-order valence-electron chi connectivity index (χ0n) is 11.9. The lowest BCUT2D eigenvalue weighted by molar-refractivity contribution is -0.139. The predicted molar refractivity (Wildman–Crippen MR) is 84.2 cm³/mol. The van der Waals surface area contributed by atoms with Crippen LogP contribution < -0.4 is 4.72 Å². The smallest absolute Gasteiger partial charge is 0.321 e. The van der Waals surface area contributed by atoms with Crippen LogP contribution in [0.2, 0.25) is 0 Å². The average Bonchev–Trinajstić information content (AvgIpc) is 2.98. The van der Waals surface area contributed by atoms with Crippen molar-refractivity contribution in [3.8, 4) is 10.6 Å². The van der Waals surface area contributed by atoms with Gasteiger partial charge in [0, 0.05) is 10.9 Å². The van der Waals surface area contributed by atoms with E-state index in [0.717, 1.165) is 5.56 Å². The maximum atomic E-state index is 12.2. The van der Waals surface area contributed by atoms with Crippen molar-refractivity contribution in [3.05, 3.63) is 35.7 Å². The minimum Gasteiger partial charge on any atom is -0.480 e. The summed E-state index contributed by atoms with van der Waals surface area (Å²) in [4.78, 5) is 15.2. The molecular formula is C14H16N2O4S2. The molecule has 1 unspecified atom stereocenters. The third-order valence-electron chi connectivity index (χ3n) is 2.95. The Morgan fingerprint density at radius 1 is 1.36 bits per heavy atom. The molecular weight excluding hydrogens is 324 g/mol. The number of carboxylic acid groups (broad SMARTS) is 1. The summed E-state index contributed by atoms with van der Waals surface area (Å²) in [6.45, 7) is 1.79. The first kappa shape index (κ1) is 16.6. The second kappa shape index (κ2) is 6.99. The number of aromatic nitrogens is 1. The predicted octanol–water partition coefficient (Wildman–Crippen LogP) is 2.34. The van der Waals surface area contributed by atoms with E-state index in [1.807, 2.05) is 30.3 Å². The number of thiazole rings is 1. The molecule has 8 heteroatoms. The molecule has 0 fully saturated rings. The van der Waals surface area contributed by atoms with Crippen molar-refractivity contribution in [1.29, 1.82) is 0 Å². The summed E-state index contributed by atoms with van der Waals surface area (Å²) in [7, 11) is -3.95. The van der Waals surface area contributed by atoms with Crippen molar-refractivity contribution in [2.45, 2.75) is 30.8 Å².